The number of urea groups is 1. The smallest absolute Gasteiger partial charge is 0.345 e. The zero-order valence-electron chi connectivity index (χ0n) is 15.6. The van der Waals surface area contributed by atoms with Crippen LogP contribution in [0.25, 0.3) is 5.69 Å². The lowest BCUT2D eigenvalue weighted by Crippen LogP contribution is -2.17. The molecule has 0 radical (unpaired) electrons. The number of carbonyl (C=O) groups excluding carboxylic acids is 1. The number of benzene rings is 2. The van der Waals surface area contributed by atoms with Crippen LogP contribution in [0, 0.1) is 13.8 Å². The number of rotatable bonds is 4. The summed E-state index contributed by atoms with van der Waals surface area (Å²) in [6.07, 6.45) is 1.25. The highest BCUT2D eigenvalue weighted by Gasteiger charge is 2.13. The van der Waals surface area contributed by atoms with E-state index < -0.39 is 6.03 Å². The number of halogens is 1. The van der Waals surface area contributed by atoms with Crippen molar-refractivity contribution in [1.82, 2.24) is 9.78 Å². The predicted molar refractivity (Wildman–Crippen MR) is 110 cm³/mol. The maximum absolute atomic E-state index is 12.7. The van der Waals surface area contributed by atoms with Crippen molar-refractivity contribution in [3.8, 4) is 11.4 Å². The molecule has 1 heterocycles. The van der Waals surface area contributed by atoms with E-state index in [0.29, 0.717) is 27.8 Å². The molecule has 0 aliphatic heterocycles. The van der Waals surface area contributed by atoms with Gasteiger partial charge in [0.25, 0.3) is 5.56 Å². The topological polar surface area (TPSA) is 88.5 Å². The number of H-pyrrole nitrogens is 1. The quantitative estimate of drug-likeness (QED) is 0.648. The summed E-state index contributed by atoms with van der Waals surface area (Å²) in [5.41, 5.74) is 2.73. The molecule has 1 aromatic heterocycles. The molecule has 28 heavy (non-hydrogen) atoms. The van der Waals surface area contributed by atoms with E-state index in [2.05, 4.69) is 15.4 Å². The monoisotopic (exact) mass is 398 g/mol. The molecule has 2 amide bonds. The van der Waals surface area contributed by atoms with Crippen molar-refractivity contribution in [3.63, 3.8) is 0 Å². The van der Waals surface area contributed by atoms with Crippen molar-refractivity contribution < 1.29 is 9.53 Å². The number of amides is 2. The summed E-state index contributed by atoms with van der Waals surface area (Å²) in [4.78, 5) is 28.6. The number of hydrogen-bond acceptors (Lipinski definition) is 3. The number of aromatic nitrogens is 2. The summed E-state index contributed by atoms with van der Waals surface area (Å²) in [5.74, 6) is 0.450. The van der Waals surface area contributed by atoms with E-state index in [4.69, 9.17) is 16.3 Å². The van der Waals surface area contributed by atoms with Gasteiger partial charge in [0, 0.05) is 23.7 Å². The minimum Gasteiger partial charge on any atom is -0.495 e. The Bertz CT molecular complexity index is 1110. The van der Waals surface area contributed by atoms with Crippen molar-refractivity contribution in [2.45, 2.75) is 13.8 Å². The highest BCUT2D eigenvalue weighted by atomic mass is 35.5. The summed E-state index contributed by atoms with van der Waals surface area (Å²) in [6, 6.07) is 11.8. The van der Waals surface area contributed by atoms with Crippen LogP contribution in [-0.2, 0) is 0 Å². The first-order valence-corrected chi connectivity index (χ1v) is 8.84. The number of methoxy groups -OCH3 is 1. The summed E-state index contributed by atoms with van der Waals surface area (Å²) in [6.45, 7) is 3.65. The Hall–Kier alpha value is -3.32. The summed E-state index contributed by atoms with van der Waals surface area (Å²) < 4.78 is 6.53. The van der Waals surface area contributed by atoms with Gasteiger partial charge >= 0.3 is 6.03 Å². The number of hydrogen-bond donors (Lipinski definition) is 2. The molecule has 0 saturated heterocycles. The molecule has 0 fully saturated rings. The number of nitrogens with zero attached hydrogens (tertiary/aromatic N) is 2. The van der Waals surface area contributed by atoms with E-state index >= 15 is 0 Å². The van der Waals surface area contributed by atoms with E-state index in [1.54, 1.807) is 31.2 Å². The van der Waals surface area contributed by atoms with Crippen LogP contribution >= 0.6 is 11.6 Å². The molecule has 2 aromatic carbocycles. The number of nitrogens with one attached hydrogen (secondary N) is 2. The Morgan fingerprint density at radius 2 is 2.04 bits per heavy atom. The number of aromatic amines is 1. The molecule has 0 aliphatic carbocycles. The largest absolute Gasteiger partial charge is 0.495 e. The maximum atomic E-state index is 12.7. The molecule has 7 nitrogen and oxygen atoms in total. The zero-order valence-corrected chi connectivity index (χ0v) is 16.4. The Labute approximate surface area is 166 Å². The molecular weight excluding hydrogens is 380 g/mol. The van der Waals surface area contributed by atoms with Crippen LogP contribution in [0.2, 0.25) is 5.02 Å². The predicted octanol–water partition coefficient (Wildman–Crippen LogP) is 4.10. The third-order valence-electron chi connectivity index (χ3n) is 4.09. The van der Waals surface area contributed by atoms with Gasteiger partial charge in [-0.05, 0) is 43.7 Å². The second-order valence-electron chi connectivity index (χ2n) is 6.17. The van der Waals surface area contributed by atoms with E-state index in [1.165, 1.54) is 18.0 Å². The number of ether oxygens (including phenoxy) is 1. The molecule has 0 bridgehead atoms. The standard InChI is InChI=1S/C20H19ClN4O3/c1-12-5-4-6-14(9-12)23-20(27)22-11-16-13(2)24-25(19(16)26)15-7-8-17(21)18(10-15)28-3/h4-11,24H,1-3H3,(H,23,27). The molecule has 3 aromatic rings. The maximum Gasteiger partial charge on any atom is 0.345 e. The average molecular weight is 399 g/mol. The number of anilines is 1. The molecule has 0 saturated carbocycles. The molecule has 0 atom stereocenters. The van der Waals surface area contributed by atoms with Crippen molar-refractivity contribution in [2.24, 2.45) is 4.99 Å². The van der Waals surface area contributed by atoms with Gasteiger partial charge in [-0.1, -0.05) is 23.7 Å². The lowest BCUT2D eigenvalue weighted by molar-refractivity contribution is 0.259. The fourth-order valence-corrected chi connectivity index (χ4v) is 2.88. The minimum absolute atomic E-state index is 0.285. The first-order chi connectivity index (χ1) is 13.4. The first-order valence-electron chi connectivity index (χ1n) is 8.46. The molecular formula is C20H19ClN4O3. The van der Waals surface area contributed by atoms with Crippen molar-refractivity contribution in [2.75, 3.05) is 12.4 Å². The molecule has 144 valence electrons. The second-order valence-corrected chi connectivity index (χ2v) is 6.57. The average Bonchev–Trinajstić information content (AvgIpc) is 2.94. The van der Waals surface area contributed by atoms with Crippen molar-refractivity contribution in [3.05, 3.63) is 74.7 Å². The van der Waals surface area contributed by atoms with Crippen LogP contribution in [0.15, 0.2) is 52.3 Å². The van der Waals surface area contributed by atoms with Gasteiger partial charge < -0.3 is 10.1 Å². The van der Waals surface area contributed by atoms with Crippen LogP contribution in [0.3, 0.4) is 0 Å². The van der Waals surface area contributed by atoms with Gasteiger partial charge in [0.1, 0.15) is 5.75 Å². The minimum atomic E-state index is -0.565. The van der Waals surface area contributed by atoms with Crippen LogP contribution in [0.4, 0.5) is 10.5 Å². The fraction of sp³-hybridized carbons (Fsp3) is 0.150. The molecule has 0 unspecified atom stereocenters. The molecule has 0 spiro atoms. The molecule has 2 N–H and O–H groups in total. The highest BCUT2D eigenvalue weighted by Crippen LogP contribution is 2.26. The van der Waals surface area contributed by atoms with Crippen LogP contribution in [0.1, 0.15) is 16.8 Å². The fourth-order valence-electron chi connectivity index (χ4n) is 2.68. The van der Waals surface area contributed by atoms with Gasteiger partial charge in [0.05, 0.1) is 23.4 Å². The van der Waals surface area contributed by atoms with E-state index in [-0.39, 0.29) is 11.1 Å². The van der Waals surface area contributed by atoms with E-state index in [9.17, 15) is 9.59 Å². The van der Waals surface area contributed by atoms with Gasteiger partial charge in [0.15, 0.2) is 0 Å². The van der Waals surface area contributed by atoms with E-state index in [1.807, 2.05) is 25.1 Å². The summed E-state index contributed by atoms with van der Waals surface area (Å²) in [5, 5.41) is 6.07. The first kappa shape index (κ1) is 19.4. The van der Waals surface area contributed by atoms with Crippen LogP contribution < -0.4 is 15.6 Å². The van der Waals surface area contributed by atoms with Gasteiger partial charge in [-0.2, -0.15) is 0 Å². The number of aryl methyl sites for hydroxylation is 2. The lowest BCUT2D eigenvalue weighted by atomic mass is 10.2. The number of aliphatic imine (C=N–C) groups is 1. The highest BCUT2D eigenvalue weighted by molar-refractivity contribution is 6.32. The lowest BCUT2D eigenvalue weighted by Gasteiger charge is -2.06. The molecule has 3 rings (SSSR count). The van der Waals surface area contributed by atoms with Gasteiger partial charge in [-0.15, -0.1) is 0 Å². The van der Waals surface area contributed by atoms with Crippen molar-refractivity contribution in [1.29, 1.82) is 0 Å². The molecule has 0 aliphatic rings. The Morgan fingerprint density at radius 3 is 2.75 bits per heavy atom. The second kappa shape index (κ2) is 8.14. The Balaban J connectivity index is 1.85. The van der Waals surface area contributed by atoms with E-state index in [0.717, 1.165) is 5.56 Å². The zero-order chi connectivity index (χ0) is 20.3. The van der Waals surface area contributed by atoms with Crippen molar-refractivity contribution >= 4 is 29.5 Å². The summed E-state index contributed by atoms with van der Waals surface area (Å²) >= 11 is 6.03. The Kier molecular flexibility index (Phi) is 5.65. The third kappa shape index (κ3) is 4.15. The number of carbonyl (C=O) groups is 1. The molecule has 8 heteroatoms. The third-order valence-corrected chi connectivity index (χ3v) is 4.40. The summed E-state index contributed by atoms with van der Waals surface area (Å²) in [7, 11) is 1.50. The van der Waals surface area contributed by atoms with Crippen LogP contribution in [0.5, 0.6) is 5.75 Å². The van der Waals surface area contributed by atoms with Gasteiger partial charge in [0.2, 0.25) is 0 Å². The SMILES string of the molecule is COc1cc(-n2[nH]c(C)c(C=NC(=O)Nc3cccc(C)c3)c2=O)ccc1Cl. The Morgan fingerprint density at radius 1 is 1.25 bits per heavy atom. The normalized spacial score (nSPS) is 11.0. The van der Waals surface area contributed by atoms with Gasteiger partial charge in [-0.25, -0.2) is 14.5 Å². The van der Waals surface area contributed by atoms with Crippen LogP contribution in [-0.4, -0.2) is 29.1 Å². The van der Waals surface area contributed by atoms with Gasteiger partial charge in [-0.3, -0.25) is 9.89 Å².